The molecule has 0 fully saturated rings. The van der Waals surface area contributed by atoms with E-state index in [2.05, 4.69) is 20.7 Å². The van der Waals surface area contributed by atoms with E-state index in [1.165, 1.54) is 18.3 Å². The lowest BCUT2D eigenvalue weighted by Crippen LogP contribution is -1.90. The molecule has 2 aromatic rings. The van der Waals surface area contributed by atoms with Crippen LogP contribution in [0.5, 0.6) is 0 Å². The molecule has 0 aliphatic rings. The first-order valence-electron chi connectivity index (χ1n) is 4.61. The van der Waals surface area contributed by atoms with Gasteiger partial charge in [0.05, 0.1) is 17.5 Å². The zero-order valence-electron chi connectivity index (χ0n) is 8.42. The normalized spacial score (nSPS) is 11.0. The summed E-state index contributed by atoms with van der Waals surface area (Å²) in [6, 6.07) is 5.78. The molecule has 7 heteroatoms. The Bertz CT molecular complexity index is 516. The SMILES string of the molecule is Fc1ccc(NN=Cc2c(Cl)n[nH]c2Cl)cc1. The highest BCUT2D eigenvalue weighted by Crippen LogP contribution is 2.18. The van der Waals surface area contributed by atoms with Crippen LogP contribution in [0.2, 0.25) is 10.3 Å². The van der Waals surface area contributed by atoms with Gasteiger partial charge in [0.25, 0.3) is 0 Å². The van der Waals surface area contributed by atoms with Crippen LogP contribution in [0.1, 0.15) is 5.56 Å². The standard InChI is InChI=1S/C10H7Cl2FN4/c11-9-8(10(12)17-16-9)5-14-15-7-3-1-6(13)2-4-7/h1-5,15H,(H,16,17). The summed E-state index contributed by atoms with van der Waals surface area (Å²) in [5.41, 5.74) is 3.85. The van der Waals surface area contributed by atoms with E-state index >= 15 is 0 Å². The Morgan fingerprint density at radius 2 is 2.00 bits per heavy atom. The zero-order chi connectivity index (χ0) is 12.3. The summed E-state index contributed by atoms with van der Waals surface area (Å²) < 4.78 is 12.6. The molecule has 2 N–H and O–H groups in total. The van der Waals surface area contributed by atoms with Gasteiger partial charge in [0.2, 0.25) is 0 Å². The van der Waals surface area contributed by atoms with Crippen molar-refractivity contribution in [2.45, 2.75) is 0 Å². The van der Waals surface area contributed by atoms with Crippen molar-refractivity contribution in [1.29, 1.82) is 0 Å². The maximum atomic E-state index is 12.6. The lowest BCUT2D eigenvalue weighted by atomic mass is 10.3. The Balaban J connectivity index is 2.05. The highest BCUT2D eigenvalue weighted by Gasteiger charge is 2.06. The molecule has 1 heterocycles. The van der Waals surface area contributed by atoms with Gasteiger partial charge in [-0.05, 0) is 24.3 Å². The van der Waals surface area contributed by atoms with Crippen molar-refractivity contribution in [3.8, 4) is 0 Å². The van der Waals surface area contributed by atoms with Gasteiger partial charge in [0.1, 0.15) is 11.0 Å². The third-order valence-corrected chi connectivity index (χ3v) is 2.52. The lowest BCUT2D eigenvalue weighted by molar-refractivity contribution is 0.628. The number of benzene rings is 1. The van der Waals surface area contributed by atoms with Crippen molar-refractivity contribution in [2.75, 3.05) is 5.43 Å². The summed E-state index contributed by atoms with van der Waals surface area (Å²) in [6.45, 7) is 0. The molecule has 4 nitrogen and oxygen atoms in total. The largest absolute Gasteiger partial charge is 0.278 e. The molecule has 0 aliphatic carbocycles. The number of hydrazone groups is 1. The third kappa shape index (κ3) is 2.95. The number of aromatic nitrogens is 2. The van der Waals surface area contributed by atoms with Crippen LogP contribution in [0, 0.1) is 5.82 Å². The van der Waals surface area contributed by atoms with Gasteiger partial charge in [-0.25, -0.2) is 4.39 Å². The fourth-order valence-electron chi connectivity index (χ4n) is 1.11. The van der Waals surface area contributed by atoms with Crippen LogP contribution in [0.15, 0.2) is 29.4 Å². The summed E-state index contributed by atoms with van der Waals surface area (Å²) in [7, 11) is 0. The fraction of sp³-hybridized carbons (Fsp3) is 0. The fourth-order valence-corrected chi connectivity index (χ4v) is 1.53. The average Bonchev–Trinajstić information content (AvgIpc) is 2.63. The zero-order valence-corrected chi connectivity index (χ0v) is 9.93. The topological polar surface area (TPSA) is 53.1 Å². The number of hydrogen-bond acceptors (Lipinski definition) is 3. The minimum Gasteiger partial charge on any atom is -0.278 e. The van der Waals surface area contributed by atoms with E-state index in [4.69, 9.17) is 23.2 Å². The summed E-state index contributed by atoms with van der Waals surface area (Å²) in [4.78, 5) is 0. The summed E-state index contributed by atoms with van der Waals surface area (Å²) in [5, 5.41) is 10.7. The average molecular weight is 273 g/mol. The van der Waals surface area contributed by atoms with E-state index in [1.807, 2.05) is 0 Å². The van der Waals surface area contributed by atoms with Crippen molar-refractivity contribution in [2.24, 2.45) is 5.10 Å². The van der Waals surface area contributed by atoms with Gasteiger partial charge in [-0.3, -0.25) is 10.5 Å². The number of halogens is 3. The number of rotatable bonds is 3. The summed E-state index contributed by atoms with van der Waals surface area (Å²) in [5.74, 6) is -0.305. The van der Waals surface area contributed by atoms with E-state index in [-0.39, 0.29) is 11.0 Å². The molecule has 0 radical (unpaired) electrons. The minimum absolute atomic E-state index is 0.236. The van der Waals surface area contributed by atoms with Crippen LogP contribution in [-0.4, -0.2) is 16.4 Å². The molecule has 0 saturated heterocycles. The molecule has 0 saturated carbocycles. The molecule has 17 heavy (non-hydrogen) atoms. The minimum atomic E-state index is -0.305. The molecule has 0 amide bonds. The van der Waals surface area contributed by atoms with Crippen molar-refractivity contribution >= 4 is 35.1 Å². The van der Waals surface area contributed by atoms with Gasteiger partial charge >= 0.3 is 0 Å². The maximum absolute atomic E-state index is 12.6. The van der Waals surface area contributed by atoms with Crippen LogP contribution in [-0.2, 0) is 0 Å². The third-order valence-electron chi connectivity index (χ3n) is 1.94. The molecule has 0 atom stereocenters. The molecule has 0 aliphatic heterocycles. The second-order valence-corrected chi connectivity index (χ2v) is 3.85. The predicted molar refractivity (Wildman–Crippen MR) is 66.2 cm³/mol. The van der Waals surface area contributed by atoms with E-state index in [0.717, 1.165) is 0 Å². The number of hydrogen-bond donors (Lipinski definition) is 2. The van der Waals surface area contributed by atoms with Crippen molar-refractivity contribution in [1.82, 2.24) is 10.2 Å². The molecular formula is C10H7Cl2FN4. The number of nitrogens with one attached hydrogen (secondary N) is 2. The lowest BCUT2D eigenvalue weighted by Gasteiger charge is -1.98. The number of nitrogens with zero attached hydrogens (tertiary/aromatic N) is 2. The molecule has 1 aromatic heterocycles. The molecule has 2 rings (SSSR count). The number of anilines is 1. The Hall–Kier alpha value is -1.59. The van der Waals surface area contributed by atoms with Crippen molar-refractivity contribution < 1.29 is 4.39 Å². The first kappa shape index (κ1) is 11.9. The van der Waals surface area contributed by atoms with Gasteiger partial charge < -0.3 is 0 Å². The quantitative estimate of drug-likeness (QED) is 0.666. The Morgan fingerprint density at radius 3 is 2.59 bits per heavy atom. The van der Waals surface area contributed by atoms with Gasteiger partial charge in [-0.15, -0.1) is 0 Å². The van der Waals surface area contributed by atoms with Gasteiger partial charge in [0.15, 0.2) is 5.15 Å². The van der Waals surface area contributed by atoms with Crippen LogP contribution in [0.3, 0.4) is 0 Å². The molecule has 0 spiro atoms. The highest BCUT2D eigenvalue weighted by atomic mass is 35.5. The smallest absolute Gasteiger partial charge is 0.161 e. The molecule has 1 aromatic carbocycles. The van der Waals surface area contributed by atoms with E-state index in [0.29, 0.717) is 16.4 Å². The second kappa shape index (κ2) is 5.16. The Morgan fingerprint density at radius 1 is 1.29 bits per heavy atom. The summed E-state index contributed by atoms with van der Waals surface area (Å²) >= 11 is 11.5. The molecule has 88 valence electrons. The van der Waals surface area contributed by atoms with Gasteiger partial charge in [0, 0.05) is 0 Å². The van der Waals surface area contributed by atoms with Crippen LogP contribution in [0.25, 0.3) is 0 Å². The molecule has 0 bridgehead atoms. The Labute approximate surface area is 106 Å². The molecule has 0 unspecified atom stereocenters. The first-order valence-corrected chi connectivity index (χ1v) is 5.36. The monoisotopic (exact) mass is 272 g/mol. The van der Waals surface area contributed by atoms with E-state index < -0.39 is 0 Å². The van der Waals surface area contributed by atoms with Crippen LogP contribution >= 0.6 is 23.2 Å². The Kier molecular flexibility index (Phi) is 3.61. The number of H-pyrrole nitrogens is 1. The van der Waals surface area contributed by atoms with Crippen LogP contribution in [0.4, 0.5) is 10.1 Å². The van der Waals surface area contributed by atoms with Crippen molar-refractivity contribution in [3.63, 3.8) is 0 Å². The van der Waals surface area contributed by atoms with Gasteiger partial charge in [-0.2, -0.15) is 10.2 Å². The maximum Gasteiger partial charge on any atom is 0.161 e. The molecular weight excluding hydrogens is 266 g/mol. The van der Waals surface area contributed by atoms with Gasteiger partial charge in [-0.1, -0.05) is 23.2 Å². The second-order valence-electron chi connectivity index (χ2n) is 3.12. The highest BCUT2D eigenvalue weighted by molar-refractivity contribution is 6.37. The van der Waals surface area contributed by atoms with E-state index in [9.17, 15) is 4.39 Å². The van der Waals surface area contributed by atoms with Crippen molar-refractivity contribution in [3.05, 3.63) is 46.0 Å². The number of aromatic amines is 1. The van der Waals surface area contributed by atoms with Crippen LogP contribution < -0.4 is 5.43 Å². The summed E-state index contributed by atoms with van der Waals surface area (Å²) in [6.07, 6.45) is 1.43. The van der Waals surface area contributed by atoms with E-state index in [1.54, 1.807) is 12.1 Å². The first-order chi connectivity index (χ1) is 8.16. The predicted octanol–water partition coefficient (Wildman–Crippen LogP) is 3.30.